The van der Waals surface area contributed by atoms with Crippen molar-refractivity contribution < 1.29 is 0 Å². The monoisotopic (exact) mass is 225 g/mol. The molecule has 4 N–H and O–H groups in total. The highest BCUT2D eigenvalue weighted by atomic mass is 35.5. The number of hydrogen-bond donors (Lipinski definition) is 3. The molecule has 6 heteroatoms. The first kappa shape index (κ1) is 11.5. The van der Waals surface area contributed by atoms with Gasteiger partial charge in [0, 0.05) is 12.1 Å². The molecule has 1 aromatic carbocycles. The van der Waals surface area contributed by atoms with Crippen LogP contribution in [0.1, 0.15) is 11.4 Å². The van der Waals surface area contributed by atoms with Gasteiger partial charge in [-0.05, 0) is 17.7 Å². The van der Waals surface area contributed by atoms with Gasteiger partial charge >= 0.3 is 0 Å². The molecule has 2 aromatic rings. The first-order valence-corrected chi connectivity index (χ1v) is 4.28. The van der Waals surface area contributed by atoms with Crippen LogP contribution < -0.4 is 11.3 Å². The summed E-state index contributed by atoms with van der Waals surface area (Å²) in [5.41, 5.74) is 4.62. The molecule has 0 bridgehead atoms. The number of halogens is 1. The second-order valence-corrected chi connectivity index (χ2v) is 2.93. The minimum atomic E-state index is 0. The second-order valence-electron chi connectivity index (χ2n) is 2.93. The maximum absolute atomic E-state index is 5.26. The minimum absolute atomic E-state index is 0. The van der Waals surface area contributed by atoms with Crippen molar-refractivity contribution in [3.63, 3.8) is 0 Å². The number of aromatic amines is 1. The summed E-state index contributed by atoms with van der Waals surface area (Å²) in [5.74, 6) is 6.05. The number of anilines is 1. The Labute approximate surface area is 93.5 Å². The average molecular weight is 226 g/mol. The third-order valence-electron chi connectivity index (χ3n) is 1.95. The predicted octanol–water partition coefficient (Wildman–Crippen LogP) is 1.10. The molecule has 5 nitrogen and oxygen atoms in total. The van der Waals surface area contributed by atoms with Crippen molar-refractivity contribution in [2.24, 2.45) is 5.84 Å². The highest BCUT2D eigenvalue weighted by Gasteiger charge is 1.98. The summed E-state index contributed by atoms with van der Waals surface area (Å²) in [5, 5.41) is 6.66. The zero-order valence-electron chi connectivity index (χ0n) is 7.97. The number of hydrogen-bond acceptors (Lipinski definition) is 4. The van der Waals surface area contributed by atoms with E-state index in [0.717, 1.165) is 23.5 Å². The van der Waals surface area contributed by atoms with Gasteiger partial charge in [-0.3, -0.25) is 10.9 Å². The van der Waals surface area contributed by atoms with Crippen LogP contribution in [0.4, 0.5) is 5.69 Å². The molecule has 0 amide bonds. The fourth-order valence-electron chi connectivity index (χ4n) is 1.22. The van der Waals surface area contributed by atoms with E-state index in [1.807, 2.05) is 24.3 Å². The molecule has 15 heavy (non-hydrogen) atoms. The fraction of sp³-hybridized carbons (Fsp3) is 0.111. The molecule has 80 valence electrons. The van der Waals surface area contributed by atoms with Crippen molar-refractivity contribution in [3.05, 3.63) is 42.0 Å². The summed E-state index contributed by atoms with van der Waals surface area (Å²) < 4.78 is 0. The Morgan fingerprint density at radius 2 is 2.00 bits per heavy atom. The van der Waals surface area contributed by atoms with Gasteiger partial charge in [0.1, 0.15) is 6.33 Å². The number of nitrogens with zero attached hydrogens (tertiary/aromatic N) is 2. The van der Waals surface area contributed by atoms with Gasteiger partial charge in [-0.2, -0.15) is 5.10 Å². The van der Waals surface area contributed by atoms with Crippen LogP contribution in [0.3, 0.4) is 0 Å². The molecule has 0 unspecified atom stereocenters. The van der Waals surface area contributed by atoms with Crippen LogP contribution >= 0.6 is 12.4 Å². The number of nitrogen functional groups attached to an aromatic ring is 1. The fourth-order valence-corrected chi connectivity index (χ4v) is 1.22. The molecule has 0 radical (unpaired) electrons. The summed E-state index contributed by atoms with van der Waals surface area (Å²) in [6.45, 7) is 0. The largest absolute Gasteiger partial charge is 0.324 e. The van der Waals surface area contributed by atoms with E-state index in [9.17, 15) is 0 Å². The number of rotatable bonds is 3. The van der Waals surface area contributed by atoms with E-state index >= 15 is 0 Å². The molecule has 0 aliphatic rings. The van der Waals surface area contributed by atoms with Gasteiger partial charge in [-0.1, -0.05) is 12.1 Å². The molecule has 0 spiro atoms. The van der Waals surface area contributed by atoms with E-state index in [1.54, 1.807) is 6.33 Å². The molecule has 0 saturated heterocycles. The van der Waals surface area contributed by atoms with Gasteiger partial charge in [0.25, 0.3) is 0 Å². The van der Waals surface area contributed by atoms with Crippen LogP contribution in [0.15, 0.2) is 30.6 Å². The van der Waals surface area contributed by atoms with E-state index in [2.05, 4.69) is 20.6 Å². The zero-order valence-corrected chi connectivity index (χ0v) is 8.79. The van der Waals surface area contributed by atoms with E-state index in [0.29, 0.717) is 0 Å². The molecule has 0 fully saturated rings. The topological polar surface area (TPSA) is 79.6 Å². The van der Waals surface area contributed by atoms with Gasteiger partial charge in [0.05, 0.1) is 0 Å². The Hall–Kier alpha value is -1.59. The van der Waals surface area contributed by atoms with Crippen molar-refractivity contribution in [2.45, 2.75) is 6.42 Å². The van der Waals surface area contributed by atoms with E-state index in [4.69, 9.17) is 5.84 Å². The van der Waals surface area contributed by atoms with Gasteiger partial charge in [0.15, 0.2) is 5.82 Å². The number of aromatic nitrogens is 3. The maximum Gasteiger partial charge on any atom is 0.154 e. The lowest BCUT2D eigenvalue weighted by atomic mass is 10.1. The molecule has 0 aliphatic heterocycles. The predicted molar refractivity (Wildman–Crippen MR) is 60.7 cm³/mol. The lowest BCUT2D eigenvalue weighted by Crippen LogP contribution is -2.06. The molecule has 0 saturated carbocycles. The summed E-state index contributed by atoms with van der Waals surface area (Å²) in [7, 11) is 0. The third-order valence-corrected chi connectivity index (χ3v) is 1.95. The van der Waals surface area contributed by atoms with E-state index < -0.39 is 0 Å². The van der Waals surface area contributed by atoms with Crippen molar-refractivity contribution in [3.8, 4) is 0 Å². The molecule has 0 atom stereocenters. The lowest BCUT2D eigenvalue weighted by Gasteiger charge is -2.00. The second kappa shape index (κ2) is 5.33. The Morgan fingerprint density at radius 1 is 1.27 bits per heavy atom. The Kier molecular flexibility index (Phi) is 4.08. The number of nitrogens with two attached hydrogens (primary N) is 1. The Morgan fingerprint density at radius 3 is 2.53 bits per heavy atom. The smallest absolute Gasteiger partial charge is 0.154 e. The molecule has 1 aromatic heterocycles. The molecular formula is C9H12ClN5. The molecule has 0 aliphatic carbocycles. The highest BCUT2D eigenvalue weighted by Crippen LogP contribution is 2.10. The Balaban J connectivity index is 0.00000112. The normalized spacial score (nSPS) is 9.40. The SMILES string of the molecule is Cl.NNc1ccc(Cc2nc[nH]n2)cc1. The van der Waals surface area contributed by atoms with Crippen molar-refractivity contribution in [1.29, 1.82) is 0 Å². The summed E-state index contributed by atoms with van der Waals surface area (Å²) in [6, 6.07) is 7.82. The third kappa shape index (κ3) is 2.93. The van der Waals surface area contributed by atoms with Crippen LogP contribution in [0.2, 0.25) is 0 Å². The quantitative estimate of drug-likeness (QED) is 0.540. The zero-order chi connectivity index (χ0) is 9.80. The summed E-state index contributed by atoms with van der Waals surface area (Å²) >= 11 is 0. The summed E-state index contributed by atoms with van der Waals surface area (Å²) in [4.78, 5) is 4.05. The number of nitrogens with one attached hydrogen (secondary N) is 2. The van der Waals surface area contributed by atoms with Crippen LogP contribution in [-0.2, 0) is 6.42 Å². The van der Waals surface area contributed by atoms with Gasteiger partial charge in [0.2, 0.25) is 0 Å². The van der Waals surface area contributed by atoms with Crippen LogP contribution in [0.25, 0.3) is 0 Å². The average Bonchev–Trinajstić information content (AvgIpc) is 2.72. The van der Waals surface area contributed by atoms with E-state index in [-0.39, 0.29) is 12.4 Å². The highest BCUT2D eigenvalue weighted by molar-refractivity contribution is 5.85. The Bertz CT molecular complexity index is 383. The van der Waals surface area contributed by atoms with Gasteiger partial charge in [-0.25, -0.2) is 4.98 Å². The molecular weight excluding hydrogens is 214 g/mol. The van der Waals surface area contributed by atoms with Crippen LogP contribution in [-0.4, -0.2) is 15.2 Å². The maximum atomic E-state index is 5.26. The minimum Gasteiger partial charge on any atom is -0.324 e. The number of hydrazine groups is 1. The van der Waals surface area contributed by atoms with Gasteiger partial charge in [-0.15, -0.1) is 12.4 Å². The van der Waals surface area contributed by atoms with Crippen molar-refractivity contribution in [1.82, 2.24) is 15.2 Å². The first-order valence-electron chi connectivity index (χ1n) is 4.28. The van der Waals surface area contributed by atoms with Gasteiger partial charge < -0.3 is 5.43 Å². The van der Waals surface area contributed by atoms with E-state index in [1.165, 1.54) is 0 Å². The lowest BCUT2D eigenvalue weighted by molar-refractivity contribution is 0.972. The summed E-state index contributed by atoms with van der Waals surface area (Å²) in [6.07, 6.45) is 2.31. The first-order chi connectivity index (χ1) is 6.88. The molecule has 2 rings (SSSR count). The van der Waals surface area contributed by atoms with Crippen LogP contribution in [0.5, 0.6) is 0 Å². The van der Waals surface area contributed by atoms with Crippen molar-refractivity contribution in [2.75, 3.05) is 5.43 Å². The van der Waals surface area contributed by atoms with Crippen LogP contribution in [0, 0.1) is 0 Å². The number of H-pyrrole nitrogens is 1. The van der Waals surface area contributed by atoms with Crippen molar-refractivity contribution >= 4 is 18.1 Å². The number of benzene rings is 1. The standard InChI is InChI=1S/C9H11N5.ClH/c10-13-8-3-1-7(2-4-8)5-9-11-6-12-14-9;/h1-4,6,13H,5,10H2,(H,11,12,14);1H. The molecule has 1 heterocycles.